The summed E-state index contributed by atoms with van der Waals surface area (Å²) >= 11 is 0. The van der Waals surface area contributed by atoms with Gasteiger partial charge in [0.25, 0.3) is 0 Å². The van der Waals surface area contributed by atoms with E-state index in [4.69, 9.17) is 4.74 Å². The summed E-state index contributed by atoms with van der Waals surface area (Å²) in [5, 5.41) is 0. The first-order valence-corrected chi connectivity index (χ1v) is 5.68. The van der Waals surface area contributed by atoms with Crippen LogP contribution in [0, 0.1) is 0 Å². The molecule has 1 heterocycles. The minimum atomic E-state index is -0.191. The zero-order valence-corrected chi connectivity index (χ0v) is 9.80. The summed E-state index contributed by atoms with van der Waals surface area (Å²) in [4.78, 5) is 11.5. The first-order valence-electron chi connectivity index (χ1n) is 5.68. The van der Waals surface area contributed by atoms with Crippen LogP contribution in [-0.2, 0) is 16.0 Å². The molecule has 2 rings (SSSR count). The Labute approximate surface area is 101 Å². The SMILES string of the molecule is CCOC(=O)Cc1cccn1-c1ccccc1. The number of nitrogens with zero attached hydrogens (tertiary/aromatic N) is 1. The largest absolute Gasteiger partial charge is 0.466 e. The molecule has 0 aliphatic heterocycles. The second kappa shape index (κ2) is 5.34. The molecule has 3 nitrogen and oxygen atoms in total. The van der Waals surface area contributed by atoms with E-state index in [9.17, 15) is 4.79 Å². The van der Waals surface area contributed by atoms with Crippen molar-refractivity contribution in [3.63, 3.8) is 0 Å². The van der Waals surface area contributed by atoms with Crippen LogP contribution >= 0.6 is 0 Å². The predicted molar refractivity (Wildman–Crippen MR) is 66.1 cm³/mol. The van der Waals surface area contributed by atoms with Crippen molar-refractivity contribution in [3.05, 3.63) is 54.4 Å². The molecule has 0 aliphatic carbocycles. The molecule has 0 aliphatic rings. The van der Waals surface area contributed by atoms with Crippen molar-refractivity contribution in [3.8, 4) is 5.69 Å². The first kappa shape index (κ1) is 11.5. The standard InChI is InChI=1S/C14H15NO2/c1-2-17-14(16)11-13-9-6-10-15(13)12-7-4-3-5-8-12/h3-10H,2,11H2,1H3. The Morgan fingerprint density at radius 1 is 1.18 bits per heavy atom. The van der Waals surface area contributed by atoms with E-state index in [0.717, 1.165) is 11.4 Å². The average molecular weight is 229 g/mol. The Kier molecular flexibility index (Phi) is 3.60. The van der Waals surface area contributed by atoms with Crippen molar-refractivity contribution in [1.29, 1.82) is 0 Å². The molecule has 17 heavy (non-hydrogen) atoms. The van der Waals surface area contributed by atoms with E-state index >= 15 is 0 Å². The molecule has 0 amide bonds. The smallest absolute Gasteiger partial charge is 0.311 e. The molecule has 1 aromatic carbocycles. The van der Waals surface area contributed by atoms with Gasteiger partial charge in [-0.3, -0.25) is 4.79 Å². The summed E-state index contributed by atoms with van der Waals surface area (Å²) in [5.74, 6) is -0.191. The number of esters is 1. The van der Waals surface area contributed by atoms with E-state index in [0.29, 0.717) is 13.0 Å². The molecular formula is C14H15NO2. The minimum absolute atomic E-state index is 0.191. The van der Waals surface area contributed by atoms with E-state index < -0.39 is 0 Å². The number of ether oxygens (including phenoxy) is 1. The molecule has 1 aromatic heterocycles. The number of hydrogen-bond donors (Lipinski definition) is 0. The number of para-hydroxylation sites is 1. The topological polar surface area (TPSA) is 31.2 Å². The minimum Gasteiger partial charge on any atom is -0.466 e. The van der Waals surface area contributed by atoms with Gasteiger partial charge in [0.05, 0.1) is 13.0 Å². The monoisotopic (exact) mass is 229 g/mol. The molecule has 0 radical (unpaired) electrons. The molecule has 0 N–H and O–H groups in total. The van der Waals surface area contributed by atoms with Gasteiger partial charge in [-0.05, 0) is 31.2 Å². The number of carbonyl (C=O) groups excluding carboxylic acids is 1. The highest BCUT2D eigenvalue weighted by Crippen LogP contribution is 2.13. The maximum Gasteiger partial charge on any atom is 0.311 e. The summed E-state index contributed by atoms with van der Waals surface area (Å²) in [6, 6.07) is 13.8. The maximum atomic E-state index is 11.5. The van der Waals surface area contributed by atoms with Gasteiger partial charge in [-0.2, -0.15) is 0 Å². The lowest BCUT2D eigenvalue weighted by atomic mass is 10.2. The van der Waals surface area contributed by atoms with Crippen molar-refractivity contribution >= 4 is 5.97 Å². The number of benzene rings is 1. The molecule has 88 valence electrons. The maximum absolute atomic E-state index is 11.5. The highest BCUT2D eigenvalue weighted by molar-refractivity contribution is 5.72. The Morgan fingerprint density at radius 2 is 1.94 bits per heavy atom. The highest BCUT2D eigenvalue weighted by atomic mass is 16.5. The van der Waals surface area contributed by atoms with E-state index in [1.165, 1.54) is 0 Å². The Hall–Kier alpha value is -2.03. The third kappa shape index (κ3) is 2.75. The fraction of sp³-hybridized carbons (Fsp3) is 0.214. The predicted octanol–water partition coefficient (Wildman–Crippen LogP) is 2.58. The fourth-order valence-electron chi connectivity index (χ4n) is 1.76. The zero-order valence-electron chi connectivity index (χ0n) is 9.80. The third-order valence-corrected chi connectivity index (χ3v) is 2.50. The fourth-order valence-corrected chi connectivity index (χ4v) is 1.76. The van der Waals surface area contributed by atoms with Gasteiger partial charge in [-0.15, -0.1) is 0 Å². The average Bonchev–Trinajstić information content (AvgIpc) is 2.78. The van der Waals surface area contributed by atoms with Gasteiger partial charge in [-0.1, -0.05) is 18.2 Å². The number of aromatic nitrogens is 1. The van der Waals surface area contributed by atoms with E-state index in [2.05, 4.69) is 0 Å². The number of carbonyl (C=O) groups is 1. The van der Waals surface area contributed by atoms with Gasteiger partial charge in [0.1, 0.15) is 0 Å². The second-order valence-corrected chi connectivity index (χ2v) is 3.69. The van der Waals surface area contributed by atoms with Crippen LogP contribution < -0.4 is 0 Å². The van der Waals surface area contributed by atoms with Crippen LogP contribution in [0.15, 0.2) is 48.7 Å². The van der Waals surface area contributed by atoms with Gasteiger partial charge in [-0.25, -0.2) is 0 Å². The Balaban J connectivity index is 2.20. The number of hydrogen-bond acceptors (Lipinski definition) is 2. The van der Waals surface area contributed by atoms with Crippen LogP contribution in [-0.4, -0.2) is 17.1 Å². The molecule has 0 saturated carbocycles. The normalized spacial score (nSPS) is 10.2. The van der Waals surface area contributed by atoms with Crippen LogP contribution in [0.2, 0.25) is 0 Å². The molecule has 0 atom stereocenters. The van der Waals surface area contributed by atoms with Crippen molar-refractivity contribution < 1.29 is 9.53 Å². The van der Waals surface area contributed by atoms with Gasteiger partial charge in [0.2, 0.25) is 0 Å². The molecule has 2 aromatic rings. The third-order valence-electron chi connectivity index (χ3n) is 2.50. The van der Waals surface area contributed by atoms with Crippen molar-refractivity contribution in [2.75, 3.05) is 6.61 Å². The van der Waals surface area contributed by atoms with Gasteiger partial charge in [0.15, 0.2) is 0 Å². The van der Waals surface area contributed by atoms with Gasteiger partial charge in [0, 0.05) is 17.6 Å². The van der Waals surface area contributed by atoms with E-state index in [1.807, 2.05) is 60.2 Å². The summed E-state index contributed by atoms with van der Waals surface area (Å²) < 4.78 is 6.95. The summed E-state index contributed by atoms with van der Waals surface area (Å²) in [7, 11) is 0. The van der Waals surface area contributed by atoms with E-state index in [-0.39, 0.29) is 5.97 Å². The van der Waals surface area contributed by atoms with Crippen LogP contribution in [0.4, 0.5) is 0 Å². The summed E-state index contributed by atoms with van der Waals surface area (Å²) in [5.41, 5.74) is 1.99. The second-order valence-electron chi connectivity index (χ2n) is 3.69. The molecule has 0 unspecified atom stereocenters. The summed E-state index contributed by atoms with van der Waals surface area (Å²) in [6.45, 7) is 2.24. The highest BCUT2D eigenvalue weighted by Gasteiger charge is 2.08. The molecule has 3 heteroatoms. The van der Waals surface area contributed by atoms with Crippen molar-refractivity contribution in [2.45, 2.75) is 13.3 Å². The molecule has 0 spiro atoms. The van der Waals surface area contributed by atoms with Crippen molar-refractivity contribution in [1.82, 2.24) is 4.57 Å². The lowest BCUT2D eigenvalue weighted by molar-refractivity contribution is -0.142. The van der Waals surface area contributed by atoms with Gasteiger partial charge >= 0.3 is 5.97 Å². The van der Waals surface area contributed by atoms with Crippen molar-refractivity contribution in [2.24, 2.45) is 0 Å². The molecule has 0 bridgehead atoms. The van der Waals surface area contributed by atoms with Crippen LogP contribution in [0.5, 0.6) is 0 Å². The van der Waals surface area contributed by atoms with Crippen LogP contribution in [0.25, 0.3) is 5.69 Å². The lowest BCUT2D eigenvalue weighted by Gasteiger charge is -2.08. The quantitative estimate of drug-likeness (QED) is 0.754. The zero-order chi connectivity index (χ0) is 12.1. The van der Waals surface area contributed by atoms with Gasteiger partial charge < -0.3 is 9.30 Å². The Bertz CT molecular complexity index is 488. The number of rotatable bonds is 4. The van der Waals surface area contributed by atoms with Crippen LogP contribution in [0.3, 0.4) is 0 Å². The first-order chi connectivity index (χ1) is 8.31. The molecule has 0 fully saturated rings. The Morgan fingerprint density at radius 3 is 2.65 bits per heavy atom. The summed E-state index contributed by atoms with van der Waals surface area (Å²) in [6.07, 6.45) is 2.25. The molecular weight excluding hydrogens is 214 g/mol. The van der Waals surface area contributed by atoms with E-state index in [1.54, 1.807) is 0 Å². The van der Waals surface area contributed by atoms with Crippen LogP contribution in [0.1, 0.15) is 12.6 Å². The lowest BCUT2D eigenvalue weighted by Crippen LogP contribution is -2.10. The molecule has 0 saturated heterocycles.